The molecule has 0 bridgehead atoms. The van der Waals surface area contributed by atoms with Crippen molar-refractivity contribution in [2.75, 3.05) is 6.61 Å². The van der Waals surface area contributed by atoms with Crippen LogP contribution in [0.5, 0.6) is 0 Å². The average molecular weight is 393 g/mol. The monoisotopic (exact) mass is 392 g/mol. The molecule has 0 N–H and O–H groups in total. The number of carbonyl (C=O) groups excluding carboxylic acids is 2. The van der Waals surface area contributed by atoms with Crippen LogP contribution in [0.3, 0.4) is 0 Å². The Hall–Kier alpha value is -3.28. The van der Waals surface area contributed by atoms with Crippen LogP contribution in [0.1, 0.15) is 0 Å². The number of ether oxygens (including phenoxy) is 2. The molecule has 5 heteroatoms. The fourth-order valence-electron chi connectivity index (χ4n) is 1.64. The highest BCUT2D eigenvalue weighted by Crippen LogP contribution is 2.08. The second-order valence-electron chi connectivity index (χ2n) is 6.80. The molecule has 0 radical (unpaired) electrons. The van der Waals surface area contributed by atoms with Crippen LogP contribution in [0.2, 0.25) is 25.7 Å². The highest BCUT2D eigenvalue weighted by molar-refractivity contribution is 6.76. The van der Waals surface area contributed by atoms with E-state index in [0.717, 1.165) is 6.04 Å². The molecule has 1 aliphatic rings. The van der Waals surface area contributed by atoms with Gasteiger partial charge < -0.3 is 9.47 Å². The normalized spacial score (nSPS) is 15.2. The maximum absolute atomic E-state index is 11.4. The van der Waals surface area contributed by atoms with Crippen LogP contribution in [0.4, 0.5) is 0 Å². The Kier molecular flexibility index (Phi) is 10.5. The van der Waals surface area contributed by atoms with Gasteiger partial charge in [-0.3, -0.25) is 0 Å². The molecule has 0 unspecified atom stereocenters. The summed E-state index contributed by atoms with van der Waals surface area (Å²) in [6, 6.07) is 0.949. The molecule has 0 saturated carbocycles. The molecule has 0 amide bonds. The highest BCUT2D eigenvalue weighted by atomic mass is 28.3. The van der Waals surface area contributed by atoms with Gasteiger partial charge in [0.05, 0.1) is 6.61 Å². The Morgan fingerprint density at radius 3 is 2.39 bits per heavy atom. The molecular formula is C23H24O4Si. The van der Waals surface area contributed by atoms with Crippen molar-refractivity contribution < 1.29 is 19.1 Å². The summed E-state index contributed by atoms with van der Waals surface area (Å²) >= 11 is 0. The number of hydrogen-bond donors (Lipinski definition) is 0. The lowest BCUT2D eigenvalue weighted by Crippen LogP contribution is -2.22. The molecule has 0 aromatic heterocycles. The minimum absolute atomic E-state index is 0.354. The Morgan fingerprint density at radius 2 is 1.71 bits per heavy atom. The maximum atomic E-state index is 11.4. The zero-order chi connectivity index (χ0) is 20.7. The Labute approximate surface area is 168 Å². The molecule has 1 aliphatic heterocycles. The predicted octanol–water partition coefficient (Wildman–Crippen LogP) is 4.10. The number of hydrogen-bond acceptors (Lipinski definition) is 4. The standard InChI is InChI=1S/C23H24O4Si/c1-28(2,3)20-19-26-22(24)16-14-12-10-8-6-4-5-7-9-11-13-15-21-17-18-23(25)27-21/h4-5,7,9,11,13-18H,19-20H2,1-3H3/b5-4+,9-7+,13-11+,16-14+,21-15+. The molecule has 0 aromatic carbocycles. The highest BCUT2D eigenvalue weighted by Gasteiger charge is 2.12. The molecule has 28 heavy (non-hydrogen) atoms. The van der Waals surface area contributed by atoms with E-state index in [0.29, 0.717) is 12.4 Å². The summed E-state index contributed by atoms with van der Waals surface area (Å²) in [5.74, 6) is 10.5. The van der Waals surface area contributed by atoms with Gasteiger partial charge in [0.1, 0.15) is 5.76 Å². The van der Waals surface area contributed by atoms with Crippen LogP contribution in [0, 0.1) is 23.7 Å². The zero-order valence-corrected chi connectivity index (χ0v) is 17.4. The first-order valence-corrected chi connectivity index (χ1v) is 12.5. The molecule has 0 spiro atoms. The van der Waals surface area contributed by atoms with E-state index in [1.807, 2.05) is 12.2 Å². The van der Waals surface area contributed by atoms with Crippen LogP contribution in [-0.2, 0) is 19.1 Å². The van der Waals surface area contributed by atoms with E-state index in [4.69, 9.17) is 9.47 Å². The van der Waals surface area contributed by atoms with Gasteiger partial charge in [0.25, 0.3) is 0 Å². The van der Waals surface area contributed by atoms with E-state index < -0.39 is 8.07 Å². The van der Waals surface area contributed by atoms with Gasteiger partial charge >= 0.3 is 11.9 Å². The molecule has 0 aromatic rings. The fraction of sp³-hybridized carbons (Fsp3) is 0.217. The summed E-state index contributed by atoms with van der Waals surface area (Å²) in [6.45, 7) is 7.15. The van der Waals surface area contributed by atoms with E-state index in [1.165, 1.54) is 18.2 Å². The lowest BCUT2D eigenvalue weighted by Gasteiger charge is -2.14. The first-order chi connectivity index (χ1) is 13.4. The van der Waals surface area contributed by atoms with Gasteiger partial charge in [0.15, 0.2) is 0 Å². The smallest absolute Gasteiger partial charge is 0.336 e. The lowest BCUT2D eigenvalue weighted by molar-refractivity contribution is -0.137. The predicted molar refractivity (Wildman–Crippen MR) is 115 cm³/mol. The SMILES string of the molecule is C[Si](C)(C)CCOC(=O)/C=C/C#CC#C/C=C/C=C/C=C/C=C1\C=CC(=O)O1. The lowest BCUT2D eigenvalue weighted by atomic mass is 10.3. The summed E-state index contributed by atoms with van der Waals surface area (Å²) in [6.07, 6.45) is 18.0. The summed E-state index contributed by atoms with van der Waals surface area (Å²) < 4.78 is 9.97. The van der Waals surface area contributed by atoms with Gasteiger partial charge in [-0.1, -0.05) is 61.9 Å². The molecule has 0 fully saturated rings. The maximum Gasteiger partial charge on any atom is 0.336 e. The van der Waals surface area contributed by atoms with Crippen LogP contribution in [-0.4, -0.2) is 26.6 Å². The number of rotatable bonds is 7. The molecule has 0 aliphatic carbocycles. The molecule has 144 valence electrons. The topological polar surface area (TPSA) is 52.6 Å². The van der Waals surface area contributed by atoms with Crippen LogP contribution in [0.25, 0.3) is 0 Å². The molecule has 4 nitrogen and oxygen atoms in total. The molecular weight excluding hydrogens is 368 g/mol. The third-order valence-corrected chi connectivity index (χ3v) is 4.80. The average Bonchev–Trinajstić information content (AvgIpc) is 3.03. The van der Waals surface area contributed by atoms with Gasteiger partial charge in [0.2, 0.25) is 0 Å². The number of esters is 2. The Bertz CT molecular complexity index is 854. The molecule has 1 heterocycles. The van der Waals surface area contributed by atoms with Gasteiger partial charge in [-0.2, -0.15) is 0 Å². The molecule has 1 rings (SSSR count). The minimum atomic E-state index is -1.19. The van der Waals surface area contributed by atoms with Crippen molar-refractivity contribution >= 4 is 20.0 Å². The van der Waals surface area contributed by atoms with Gasteiger partial charge in [-0.05, 0) is 42.2 Å². The summed E-state index contributed by atoms with van der Waals surface area (Å²) in [5, 5.41) is 0. The molecule has 0 saturated heterocycles. The summed E-state index contributed by atoms with van der Waals surface area (Å²) in [7, 11) is -1.19. The zero-order valence-electron chi connectivity index (χ0n) is 16.4. The van der Waals surface area contributed by atoms with Crippen LogP contribution >= 0.6 is 0 Å². The van der Waals surface area contributed by atoms with Gasteiger partial charge in [0, 0.05) is 20.2 Å². The second kappa shape index (κ2) is 13.0. The first-order valence-electron chi connectivity index (χ1n) is 8.81. The Morgan fingerprint density at radius 1 is 1.04 bits per heavy atom. The van der Waals surface area contributed by atoms with Crippen molar-refractivity contribution in [1.82, 2.24) is 0 Å². The van der Waals surface area contributed by atoms with Crippen molar-refractivity contribution in [3.8, 4) is 23.7 Å². The first kappa shape index (κ1) is 22.8. The third kappa shape index (κ3) is 13.0. The van der Waals surface area contributed by atoms with Gasteiger partial charge in [-0.25, -0.2) is 9.59 Å². The van der Waals surface area contributed by atoms with E-state index in [9.17, 15) is 9.59 Å². The quantitative estimate of drug-likeness (QED) is 0.215. The van der Waals surface area contributed by atoms with Crippen LogP contribution in [0.15, 0.2) is 72.6 Å². The third-order valence-electron chi connectivity index (χ3n) is 3.09. The largest absolute Gasteiger partial charge is 0.463 e. The second-order valence-corrected chi connectivity index (χ2v) is 12.4. The van der Waals surface area contributed by atoms with E-state index in [-0.39, 0.29) is 11.9 Å². The van der Waals surface area contributed by atoms with Crippen molar-refractivity contribution in [3.05, 3.63) is 72.6 Å². The number of allylic oxidation sites excluding steroid dienone is 9. The van der Waals surface area contributed by atoms with Gasteiger partial charge in [-0.15, -0.1) is 0 Å². The van der Waals surface area contributed by atoms with E-state index in [1.54, 1.807) is 36.5 Å². The summed E-state index contributed by atoms with van der Waals surface area (Å²) in [5.41, 5.74) is 0. The van der Waals surface area contributed by atoms with Crippen molar-refractivity contribution in [1.29, 1.82) is 0 Å². The van der Waals surface area contributed by atoms with E-state index >= 15 is 0 Å². The summed E-state index contributed by atoms with van der Waals surface area (Å²) in [4.78, 5) is 22.3. The number of carbonyl (C=O) groups is 2. The van der Waals surface area contributed by atoms with Crippen molar-refractivity contribution in [2.45, 2.75) is 25.7 Å². The minimum Gasteiger partial charge on any atom is -0.463 e. The van der Waals surface area contributed by atoms with Crippen LogP contribution < -0.4 is 0 Å². The van der Waals surface area contributed by atoms with Crippen molar-refractivity contribution in [3.63, 3.8) is 0 Å². The molecule has 0 atom stereocenters. The van der Waals surface area contributed by atoms with E-state index in [2.05, 4.69) is 43.3 Å². The number of cyclic esters (lactones) is 1. The fourth-order valence-corrected chi connectivity index (χ4v) is 2.36. The Balaban J connectivity index is 2.24. The van der Waals surface area contributed by atoms with Crippen molar-refractivity contribution in [2.24, 2.45) is 0 Å².